The van der Waals surface area contributed by atoms with Gasteiger partial charge in [-0.3, -0.25) is 14.5 Å². The number of aliphatic hydroxyl groups excluding tert-OH is 1. The minimum absolute atomic E-state index is 0.0198. The summed E-state index contributed by atoms with van der Waals surface area (Å²) >= 11 is 1.34. The maximum absolute atomic E-state index is 13.7. The van der Waals surface area contributed by atoms with Gasteiger partial charge in [-0.05, 0) is 88.8 Å². The van der Waals surface area contributed by atoms with Gasteiger partial charge in [-0.2, -0.15) is 0 Å². The monoisotopic (exact) mass is 691 g/mol. The van der Waals surface area contributed by atoms with Gasteiger partial charge in [-0.1, -0.05) is 12.2 Å². The van der Waals surface area contributed by atoms with Crippen LogP contribution in [0.3, 0.4) is 0 Å². The Morgan fingerprint density at radius 3 is 2.59 bits per heavy atom. The third-order valence-corrected chi connectivity index (χ3v) is 8.72. The van der Waals surface area contributed by atoms with Gasteiger partial charge in [0.05, 0.1) is 30.9 Å². The van der Waals surface area contributed by atoms with Gasteiger partial charge in [0.2, 0.25) is 5.91 Å². The number of thiazole rings is 1. The SMILES string of the molecule is C=CCCOc1cc(Oc2cc3c(cc2CO)CCN(C(=O)OC(C)(C)C)[C@]3(C)CC(=O)Nc2nc(CCC=C)cs2)ccc1COC=O. The first kappa shape index (κ1) is 37.1. The number of aryl methyl sites for hydroxylation is 1. The van der Waals surface area contributed by atoms with Gasteiger partial charge < -0.3 is 29.4 Å². The number of hydrogen-bond acceptors (Lipinski definition) is 10. The van der Waals surface area contributed by atoms with Gasteiger partial charge in [-0.15, -0.1) is 24.5 Å². The summed E-state index contributed by atoms with van der Waals surface area (Å²) in [4.78, 5) is 44.3. The standard InChI is InChI=1S/C37H45N3O8S/c1-7-9-11-28-23-49-34(38-28)39-33(43)20-37(6)30-19-32(27(21-41)17-25(30)14-15-40(37)35(44)48-36(3,4)5)47-29-13-12-26(22-45-24-42)31(18-29)46-16-10-8-2/h7-8,12-13,17-19,23-24,41H,1-2,9-11,14-16,20-22H2,3-6H3,(H,38,39,43)/t37-/m1/s1. The molecule has 2 aromatic carbocycles. The van der Waals surface area contributed by atoms with E-state index in [9.17, 15) is 19.5 Å². The van der Waals surface area contributed by atoms with Gasteiger partial charge in [0.25, 0.3) is 6.47 Å². The van der Waals surface area contributed by atoms with Crippen LogP contribution in [-0.4, -0.2) is 52.2 Å². The van der Waals surface area contributed by atoms with Crippen molar-refractivity contribution >= 4 is 34.9 Å². The van der Waals surface area contributed by atoms with E-state index in [4.69, 9.17) is 18.9 Å². The second-order valence-electron chi connectivity index (χ2n) is 12.8. The molecule has 12 heteroatoms. The zero-order chi connectivity index (χ0) is 35.6. The molecular weight excluding hydrogens is 646 g/mol. The highest BCUT2D eigenvalue weighted by Gasteiger charge is 2.45. The van der Waals surface area contributed by atoms with E-state index in [0.717, 1.165) is 24.1 Å². The Labute approximate surface area is 291 Å². The van der Waals surface area contributed by atoms with Crippen molar-refractivity contribution in [1.29, 1.82) is 0 Å². The molecule has 1 atom stereocenters. The first-order valence-electron chi connectivity index (χ1n) is 16.1. The van der Waals surface area contributed by atoms with Crippen molar-refractivity contribution in [2.24, 2.45) is 0 Å². The first-order chi connectivity index (χ1) is 23.4. The number of allylic oxidation sites excluding steroid dienone is 1. The van der Waals surface area contributed by atoms with Crippen molar-refractivity contribution in [3.63, 3.8) is 0 Å². The van der Waals surface area contributed by atoms with Crippen LogP contribution in [-0.2, 0) is 50.7 Å². The second-order valence-corrected chi connectivity index (χ2v) is 13.7. The zero-order valence-corrected chi connectivity index (χ0v) is 29.4. The average Bonchev–Trinajstić information content (AvgIpc) is 3.49. The molecule has 0 unspecified atom stereocenters. The first-order valence-corrected chi connectivity index (χ1v) is 17.0. The van der Waals surface area contributed by atoms with E-state index < -0.39 is 17.2 Å². The van der Waals surface area contributed by atoms with Crippen LogP contribution in [0, 0.1) is 0 Å². The molecule has 1 aliphatic heterocycles. The smallest absolute Gasteiger partial charge is 0.411 e. The number of amides is 2. The van der Waals surface area contributed by atoms with E-state index in [-0.39, 0.29) is 25.5 Å². The Kier molecular flexibility index (Phi) is 12.6. The second kappa shape index (κ2) is 16.6. The van der Waals surface area contributed by atoms with E-state index in [1.54, 1.807) is 56.0 Å². The molecule has 1 aliphatic rings. The molecule has 1 aromatic heterocycles. The Morgan fingerprint density at radius 2 is 1.90 bits per heavy atom. The van der Waals surface area contributed by atoms with E-state index in [1.807, 2.05) is 24.4 Å². The van der Waals surface area contributed by atoms with Crippen molar-refractivity contribution < 1.29 is 38.4 Å². The summed E-state index contributed by atoms with van der Waals surface area (Å²) in [6.07, 6.45) is 5.51. The van der Waals surface area contributed by atoms with E-state index in [0.29, 0.717) is 71.5 Å². The lowest BCUT2D eigenvalue weighted by atomic mass is 9.78. The van der Waals surface area contributed by atoms with Crippen LogP contribution in [0.1, 0.15) is 74.9 Å². The molecular formula is C37H45N3O8S. The van der Waals surface area contributed by atoms with Gasteiger partial charge in [0.1, 0.15) is 29.5 Å². The molecule has 11 nitrogen and oxygen atoms in total. The van der Waals surface area contributed by atoms with E-state index >= 15 is 0 Å². The molecule has 0 saturated heterocycles. The van der Waals surface area contributed by atoms with E-state index in [2.05, 4.69) is 23.5 Å². The van der Waals surface area contributed by atoms with Crippen LogP contribution in [0.2, 0.25) is 0 Å². The number of nitrogens with one attached hydrogen (secondary N) is 1. The lowest BCUT2D eigenvalue weighted by Gasteiger charge is -2.46. The molecule has 3 aromatic rings. The van der Waals surface area contributed by atoms with Gasteiger partial charge >= 0.3 is 6.09 Å². The van der Waals surface area contributed by atoms with Crippen LogP contribution in [0.4, 0.5) is 9.93 Å². The topological polar surface area (TPSA) is 137 Å². The lowest BCUT2D eigenvalue weighted by Crippen LogP contribution is -2.54. The van der Waals surface area contributed by atoms with Crippen LogP contribution >= 0.6 is 11.3 Å². The Balaban J connectivity index is 1.71. The van der Waals surface area contributed by atoms with Crippen LogP contribution < -0.4 is 14.8 Å². The summed E-state index contributed by atoms with van der Waals surface area (Å²) in [5.74, 6) is 0.905. The molecule has 49 heavy (non-hydrogen) atoms. The maximum atomic E-state index is 13.7. The summed E-state index contributed by atoms with van der Waals surface area (Å²) in [7, 11) is 0. The molecule has 0 radical (unpaired) electrons. The summed E-state index contributed by atoms with van der Waals surface area (Å²) in [5, 5.41) is 15.7. The summed E-state index contributed by atoms with van der Waals surface area (Å²) in [6, 6.07) is 8.77. The van der Waals surface area contributed by atoms with Gasteiger partial charge in [0, 0.05) is 29.1 Å². The fourth-order valence-electron chi connectivity index (χ4n) is 5.59. The molecule has 0 aliphatic carbocycles. The Morgan fingerprint density at radius 1 is 1.12 bits per heavy atom. The number of carbonyl (C=O) groups is 3. The summed E-state index contributed by atoms with van der Waals surface area (Å²) in [5.41, 5.74) is 1.71. The van der Waals surface area contributed by atoms with Gasteiger partial charge in [-0.25, -0.2) is 9.78 Å². The average molecular weight is 692 g/mol. The van der Waals surface area contributed by atoms with Crippen molar-refractivity contribution in [2.45, 2.75) is 84.2 Å². The van der Waals surface area contributed by atoms with Crippen molar-refractivity contribution in [3.8, 4) is 17.2 Å². The molecule has 262 valence electrons. The molecule has 2 N–H and O–H groups in total. The normalized spacial score (nSPS) is 15.5. The molecule has 0 spiro atoms. The van der Waals surface area contributed by atoms with E-state index in [1.165, 1.54) is 11.3 Å². The number of anilines is 1. The lowest BCUT2D eigenvalue weighted by molar-refractivity contribution is -0.129. The maximum Gasteiger partial charge on any atom is 0.411 e. The Hall–Kier alpha value is -4.68. The minimum atomic E-state index is -1.15. The number of aliphatic hydroxyl groups is 1. The molecule has 0 fully saturated rings. The molecule has 0 bridgehead atoms. The fourth-order valence-corrected chi connectivity index (χ4v) is 6.35. The largest absolute Gasteiger partial charge is 0.493 e. The van der Waals surface area contributed by atoms with Crippen molar-refractivity contribution in [2.75, 3.05) is 18.5 Å². The predicted molar refractivity (Wildman–Crippen MR) is 188 cm³/mol. The predicted octanol–water partition coefficient (Wildman–Crippen LogP) is 7.21. The molecule has 4 rings (SSSR count). The molecule has 2 amide bonds. The number of aromatic nitrogens is 1. The number of ether oxygens (including phenoxy) is 4. The third kappa shape index (κ3) is 9.70. The highest BCUT2D eigenvalue weighted by Crippen LogP contribution is 2.43. The number of nitrogens with zero attached hydrogens (tertiary/aromatic N) is 2. The highest BCUT2D eigenvalue weighted by molar-refractivity contribution is 7.13. The minimum Gasteiger partial charge on any atom is -0.493 e. The van der Waals surface area contributed by atoms with Crippen LogP contribution in [0.5, 0.6) is 17.2 Å². The number of benzene rings is 2. The fraction of sp³-hybridized carbons (Fsp3) is 0.405. The van der Waals surface area contributed by atoms with Gasteiger partial charge in [0.15, 0.2) is 5.13 Å². The molecule has 0 saturated carbocycles. The number of hydrogen-bond donors (Lipinski definition) is 2. The highest BCUT2D eigenvalue weighted by atomic mass is 32.1. The summed E-state index contributed by atoms with van der Waals surface area (Å²) in [6.45, 7) is 15.4. The van der Waals surface area contributed by atoms with Crippen LogP contribution in [0.25, 0.3) is 0 Å². The van der Waals surface area contributed by atoms with Crippen molar-refractivity contribution in [1.82, 2.24) is 9.88 Å². The number of rotatable bonds is 16. The number of fused-ring (bicyclic) bond motifs is 1. The quantitative estimate of drug-likeness (QED) is 0.0907. The number of carbonyl (C=O) groups excluding carboxylic acids is 3. The van der Waals surface area contributed by atoms with Crippen molar-refractivity contribution in [3.05, 3.63) is 89.0 Å². The Bertz CT molecular complexity index is 1660. The molecule has 2 heterocycles. The third-order valence-electron chi connectivity index (χ3n) is 7.91. The zero-order valence-electron chi connectivity index (χ0n) is 28.6. The van der Waals surface area contributed by atoms with Crippen LogP contribution in [0.15, 0.2) is 61.0 Å². The summed E-state index contributed by atoms with van der Waals surface area (Å²) < 4.78 is 23.0.